The van der Waals surface area contributed by atoms with Crippen LogP contribution in [0.15, 0.2) is 36.5 Å². The van der Waals surface area contributed by atoms with E-state index in [1.165, 1.54) is 24.1 Å². The maximum absolute atomic E-state index is 12.9. The lowest BCUT2D eigenvalue weighted by Crippen LogP contribution is -2.43. The van der Waals surface area contributed by atoms with E-state index < -0.39 is 0 Å². The Balaban J connectivity index is 1.36. The maximum Gasteiger partial charge on any atom is 0.123 e. The van der Waals surface area contributed by atoms with Gasteiger partial charge in [0.05, 0.1) is 5.69 Å². The number of likely N-dealkylation sites (tertiary alicyclic amines) is 1. The summed E-state index contributed by atoms with van der Waals surface area (Å²) >= 11 is 0. The molecule has 1 aromatic carbocycles. The zero-order chi connectivity index (χ0) is 16.1. The summed E-state index contributed by atoms with van der Waals surface area (Å²) in [5.74, 6) is -0.158. The first-order valence-corrected chi connectivity index (χ1v) is 8.38. The molecule has 0 spiro atoms. The number of hydrogen-bond acceptors (Lipinski definition) is 3. The van der Waals surface area contributed by atoms with Crippen molar-refractivity contribution in [2.75, 3.05) is 19.6 Å². The van der Waals surface area contributed by atoms with Crippen molar-refractivity contribution in [3.8, 4) is 0 Å². The molecule has 1 N–H and O–H groups in total. The predicted octanol–water partition coefficient (Wildman–Crippen LogP) is 2.36. The second-order valence-electron chi connectivity index (χ2n) is 6.32. The molecule has 5 heteroatoms. The summed E-state index contributed by atoms with van der Waals surface area (Å²) < 4.78 is 14.8. The van der Waals surface area contributed by atoms with Gasteiger partial charge in [0.15, 0.2) is 0 Å². The third-order valence-corrected chi connectivity index (χ3v) is 4.71. The number of nitrogens with one attached hydrogen (secondary N) is 1. The van der Waals surface area contributed by atoms with Crippen LogP contribution in [0.2, 0.25) is 0 Å². The summed E-state index contributed by atoms with van der Waals surface area (Å²) in [6, 6.07) is 9.51. The Bertz CT molecular complexity index is 600. The van der Waals surface area contributed by atoms with Crippen molar-refractivity contribution in [1.29, 1.82) is 0 Å². The summed E-state index contributed by atoms with van der Waals surface area (Å²) in [6.45, 7) is 4.20. The van der Waals surface area contributed by atoms with E-state index in [4.69, 9.17) is 0 Å². The number of halogens is 1. The van der Waals surface area contributed by atoms with Crippen molar-refractivity contribution in [3.05, 3.63) is 53.6 Å². The average molecular weight is 316 g/mol. The van der Waals surface area contributed by atoms with E-state index in [-0.39, 0.29) is 5.82 Å². The second-order valence-corrected chi connectivity index (χ2v) is 6.32. The number of aromatic nitrogens is 2. The van der Waals surface area contributed by atoms with E-state index in [1.807, 2.05) is 30.1 Å². The van der Waals surface area contributed by atoms with Gasteiger partial charge in [0.1, 0.15) is 5.82 Å². The summed E-state index contributed by atoms with van der Waals surface area (Å²) in [7, 11) is 1.98. The van der Waals surface area contributed by atoms with Crippen molar-refractivity contribution in [2.45, 2.75) is 31.8 Å². The molecule has 1 saturated heterocycles. The van der Waals surface area contributed by atoms with Gasteiger partial charge in [-0.25, -0.2) is 4.39 Å². The SMILES string of the molecule is Cn1nccc1CNC1CCN(CCc2ccc(F)cc2)CC1. The topological polar surface area (TPSA) is 33.1 Å². The first-order chi connectivity index (χ1) is 11.2. The Hall–Kier alpha value is -1.72. The fraction of sp³-hybridized carbons (Fsp3) is 0.500. The van der Waals surface area contributed by atoms with Crippen LogP contribution in [0.3, 0.4) is 0 Å². The number of hydrogen-bond donors (Lipinski definition) is 1. The molecule has 1 aromatic heterocycles. The third kappa shape index (κ3) is 4.62. The molecule has 1 aliphatic heterocycles. The molecular formula is C18H25FN4. The number of benzene rings is 1. The van der Waals surface area contributed by atoms with Crippen molar-refractivity contribution in [1.82, 2.24) is 20.0 Å². The summed E-state index contributed by atoms with van der Waals surface area (Å²) in [5.41, 5.74) is 2.44. The average Bonchev–Trinajstić information content (AvgIpc) is 2.98. The Morgan fingerprint density at radius 2 is 1.91 bits per heavy atom. The van der Waals surface area contributed by atoms with Gasteiger partial charge in [-0.05, 0) is 56.1 Å². The van der Waals surface area contributed by atoms with Gasteiger partial charge in [0, 0.05) is 32.4 Å². The maximum atomic E-state index is 12.9. The van der Waals surface area contributed by atoms with Crippen molar-refractivity contribution in [3.63, 3.8) is 0 Å². The molecule has 0 radical (unpaired) electrons. The minimum absolute atomic E-state index is 0.158. The fourth-order valence-corrected chi connectivity index (χ4v) is 3.12. The van der Waals surface area contributed by atoms with E-state index in [9.17, 15) is 4.39 Å². The van der Waals surface area contributed by atoms with E-state index in [1.54, 1.807) is 12.1 Å². The van der Waals surface area contributed by atoms with Crippen LogP contribution in [0.25, 0.3) is 0 Å². The molecule has 2 aromatic rings. The first kappa shape index (κ1) is 16.1. The number of aryl methyl sites for hydroxylation is 1. The molecule has 1 aliphatic rings. The lowest BCUT2D eigenvalue weighted by atomic mass is 10.0. The minimum Gasteiger partial charge on any atom is -0.308 e. The molecule has 0 amide bonds. The van der Waals surface area contributed by atoms with Gasteiger partial charge in [0.25, 0.3) is 0 Å². The van der Waals surface area contributed by atoms with E-state index in [0.717, 1.165) is 32.6 Å². The molecule has 1 fully saturated rings. The molecule has 124 valence electrons. The quantitative estimate of drug-likeness (QED) is 0.888. The number of rotatable bonds is 6. The second kappa shape index (κ2) is 7.70. The minimum atomic E-state index is -0.158. The molecule has 3 rings (SSSR count). The highest BCUT2D eigenvalue weighted by atomic mass is 19.1. The number of piperidine rings is 1. The van der Waals surface area contributed by atoms with Crippen LogP contribution in [0, 0.1) is 5.82 Å². The molecular weight excluding hydrogens is 291 g/mol. The monoisotopic (exact) mass is 316 g/mol. The highest BCUT2D eigenvalue weighted by Crippen LogP contribution is 2.12. The molecule has 0 bridgehead atoms. The van der Waals surface area contributed by atoms with Crippen LogP contribution < -0.4 is 5.32 Å². The van der Waals surface area contributed by atoms with Gasteiger partial charge in [-0.1, -0.05) is 12.1 Å². The highest BCUT2D eigenvalue weighted by Gasteiger charge is 2.18. The van der Waals surface area contributed by atoms with Crippen molar-refractivity contribution < 1.29 is 4.39 Å². The van der Waals surface area contributed by atoms with E-state index in [2.05, 4.69) is 21.4 Å². The van der Waals surface area contributed by atoms with Crippen LogP contribution in [0.1, 0.15) is 24.1 Å². The van der Waals surface area contributed by atoms with Crippen LogP contribution >= 0.6 is 0 Å². The van der Waals surface area contributed by atoms with E-state index >= 15 is 0 Å². The molecule has 0 aliphatic carbocycles. The summed E-state index contributed by atoms with van der Waals surface area (Å²) in [4.78, 5) is 2.51. The summed E-state index contributed by atoms with van der Waals surface area (Å²) in [6.07, 6.45) is 5.20. The first-order valence-electron chi connectivity index (χ1n) is 8.38. The molecule has 4 nitrogen and oxygen atoms in total. The van der Waals surface area contributed by atoms with Crippen molar-refractivity contribution in [2.24, 2.45) is 7.05 Å². The van der Waals surface area contributed by atoms with Gasteiger partial charge < -0.3 is 10.2 Å². The highest BCUT2D eigenvalue weighted by molar-refractivity contribution is 5.16. The standard InChI is InChI=1S/C18H25FN4/c1-22-18(6-10-21-22)14-20-17-8-12-23(13-9-17)11-7-15-2-4-16(19)5-3-15/h2-6,10,17,20H,7-9,11-14H2,1H3. The van der Waals surface area contributed by atoms with E-state index in [0.29, 0.717) is 6.04 Å². The molecule has 0 saturated carbocycles. The summed E-state index contributed by atoms with van der Waals surface area (Å²) in [5, 5.41) is 7.83. The normalized spacial score (nSPS) is 16.8. The molecule has 2 heterocycles. The van der Waals surface area contributed by atoms with Gasteiger partial charge in [0.2, 0.25) is 0 Å². The molecule has 23 heavy (non-hydrogen) atoms. The third-order valence-electron chi connectivity index (χ3n) is 4.71. The van der Waals surface area contributed by atoms with Crippen LogP contribution in [-0.4, -0.2) is 40.4 Å². The smallest absolute Gasteiger partial charge is 0.123 e. The molecule has 0 unspecified atom stereocenters. The molecule has 0 atom stereocenters. The van der Waals surface area contributed by atoms with Gasteiger partial charge >= 0.3 is 0 Å². The van der Waals surface area contributed by atoms with Crippen LogP contribution in [0.5, 0.6) is 0 Å². The Kier molecular flexibility index (Phi) is 5.41. The Morgan fingerprint density at radius 1 is 1.17 bits per heavy atom. The Morgan fingerprint density at radius 3 is 2.57 bits per heavy atom. The number of nitrogens with zero attached hydrogens (tertiary/aromatic N) is 3. The predicted molar refractivity (Wildman–Crippen MR) is 89.6 cm³/mol. The van der Waals surface area contributed by atoms with Gasteiger partial charge in [-0.2, -0.15) is 5.10 Å². The van der Waals surface area contributed by atoms with Crippen LogP contribution in [0.4, 0.5) is 4.39 Å². The van der Waals surface area contributed by atoms with Gasteiger partial charge in [-0.15, -0.1) is 0 Å². The largest absolute Gasteiger partial charge is 0.308 e. The van der Waals surface area contributed by atoms with Gasteiger partial charge in [-0.3, -0.25) is 4.68 Å². The van der Waals surface area contributed by atoms with Crippen molar-refractivity contribution >= 4 is 0 Å². The fourth-order valence-electron chi connectivity index (χ4n) is 3.12. The zero-order valence-corrected chi connectivity index (χ0v) is 13.7. The zero-order valence-electron chi connectivity index (χ0n) is 13.7. The lowest BCUT2D eigenvalue weighted by Gasteiger charge is -2.32. The van der Waals surface area contributed by atoms with Crippen LogP contribution in [-0.2, 0) is 20.0 Å². The lowest BCUT2D eigenvalue weighted by molar-refractivity contribution is 0.198. The Labute approximate surface area is 137 Å².